The van der Waals surface area contributed by atoms with Gasteiger partial charge in [0.2, 0.25) is 15.9 Å². The van der Waals surface area contributed by atoms with Gasteiger partial charge in [0.15, 0.2) is 11.6 Å². The van der Waals surface area contributed by atoms with Gasteiger partial charge in [0.05, 0.1) is 4.90 Å². The molecule has 0 spiro atoms. The summed E-state index contributed by atoms with van der Waals surface area (Å²) in [7, 11) is -4.07. The van der Waals surface area contributed by atoms with Crippen LogP contribution in [0.3, 0.4) is 0 Å². The van der Waals surface area contributed by atoms with Gasteiger partial charge in [-0.1, -0.05) is 12.5 Å². The molecule has 4 rings (SSSR count). The highest BCUT2D eigenvalue weighted by Gasteiger charge is 2.38. The van der Waals surface area contributed by atoms with Gasteiger partial charge < -0.3 is 4.42 Å². The SMILES string of the molecule is O=S(=O)(c1ccc(F)c(F)c1)N1CCCCC1c1nnc(-c2ccccn2)o1. The van der Waals surface area contributed by atoms with Crippen molar-refractivity contribution in [1.82, 2.24) is 19.5 Å². The first-order valence-corrected chi connectivity index (χ1v) is 10.1. The van der Waals surface area contributed by atoms with Crippen LogP contribution in [0.2, 0.25) is 0 Å². The second-order valence-corrected chi connectivity index (χ2v) is 8.25. The number of hydrogen-bond donors (Lipinski definition) is 0. The van der Waals surface area contributed by atoms with E-state index in [2.05, 4.69) is 15.2 Å². The number of rotatable bonds is 4. The van der Waals surface area contributed by atoms with Gasteiger partial charge in [-0.05, 0) is 43.2 Å². The van der Waals surface area contributed by atoms with Gasteiger partial charge in [0.1, 0.15) is 11.7 Å². The first-order valence-electron chi connectivity index (χ1n) is 8.68. The normalized spacial score (nSPS) is 18.3. The molecule has 1 fully saturated rings. The van der Waals surface area contributed by atoms with Gasteiger partial charge in [0.25, 0.3) is 5.89 Å². The van der Waals surface area contributed by atoms with Crippen molar-refractivity contribution in [3.8, 4) is 11.6 Å². The van der Waals surface area contributed by atoms with E-state index in [1.807, 2.05) is 0 Å². The number of aromatic nitrogens is 3. The topological polar surface area (TPSA) is 89.2 Å². The van der Waals surface area contributed by atoms with E-state index in [0.717, 1.165) is 18.6 Å². The van der Waals surface area contributed by atoms with Gasteiger partial charge >= 0.3 is 0 Å². The number of benzene rings is 1. The van der Waals surface area contributed by atoms with Crippen molar-refractivity contribution in [2.45, 2.75) is 30.2 Å². The van der Waals surface area contributed by atoms with Crippen molar-refractivity contribution >= 4 is 10.0 Å². The molecule has 2 aromatic heterocycles. The molecule has 0 aliphatic carbocycles. The average Bonchev–Trinajstić information content (AvgIpc) is 3.21. The fourth-order valence-electron chi connectivity index (χ4n) is 3.17. The number of nitrogens with zero attached hydrogens (tertiary/aromatic N) is 4. The maximum absolute atomic E-state index is 13.6. The Bertz CT molecular complexity index is 1090. The number of halogens is 2. The molecule has 1 aliphatic rings. The summed E-state index contributed by atoms with van der Waals surface area (Å²) in [4.78, 5) is 3.82. The van der Waals surface area contributed by atoms with Crippen LogP contribution in [0.5, 0.6) is 0 Å². The zero-order chi connectivity index (χ0) is 19.7. The first-order chi connectivity index (χ1) is 13.5. The second-order valence-electron chi connectivity index (χ2n) is 6.36. The van der Waals surface area contributed by atoms with E-state index in [-0.39, 0.29) is 23.2 Å². The van der Waals surface area contributed by atoms with Crippen LogP contribution in [0.15, 0.2) is 51.9 Å². The number of pyridine rings is 1. The molecule has 3 aromatic rings. The van der Waals surface area contributed by atoms with Gasteiger partial charge in [-0.2, -0.15) is 4.31 Å². The third-order valence-electron chi connectivity index (χ3n) is 4.56. The lowest BCUT2D eigenvalue weighted by molar-refractivity contribution is 0.220. The van der Waals surface area contributed by atoms with Crippen LogP contribution in [0.4, 0.5) is 8.78 Å². The quantitative estimate of drug-likeness (QED) is 0.660. The lowest BCUT2D eigenvalue weighted by Crippen LogP contribution is -2.38. The molecule has 1 aliphatic heterocycles. The van der Waals surface area contributed by atoms with Crippen molar-refractivity contribution in [2.75, 3.05) is 6.54 Å². The predicted octanol–water partition coefficient (Wildman–Crippen LogP) is 3.33. The van der Waals surface area contributed by atoms with Crippen LogP contribution < -0.4 is 0 Å². The molecule has 1 saturated heterocycles. The van der Waals surface area contributed by atoms with Gasteiger partial charge in [-0.25, -0.2) is 17.2 Å². The molecule has 10 heteroatoms. The summed E-state index contributed by atoms with van der Waals surface area (Å²) >= 11 is 0. The summed E-state index contributed by atoms with van der Waals surface area (Å²) in [5.74, 6) is -1.99. The maximum Gasteiger partial charge on any atom is 0.266 e. The predicted molar refractivity (Wildman–Crippen MR) is 94.4 cm³/mol. The highest BCUT2D eigenvalue weighted by Crippen LogP contribution is 2.35. The van der Waals surface area contributed by atoms with Crippen molar-refractivity contribution < 1.29 is 21.6 Å². The Balaban J connectivity index is 1.68. The molecule has 1 unspecified atom stereocenters. The van der Waals surface area contributed by atoms with Crippen LogP contribution in [-0.2, 0) is 10.0 Å². The third kappa shape index (κ3) is 3.40. The molecule has 1 atom stereocenters. The lowest BCUT2D eigenvalue weighted by Gasteiger charge is -2.32. The van der Waals surface area contributed by atoms with E-state index >= 15 is 0 Å². The number of hydrogen-bond acceptors (Lipinski definition) is 6. The molecular formula is C18H16F2N4O3S. The Hall–Kier alpha value is -2.72. The summed E-state index contributed by atoms with van der Waals surface area (Å²) in [5, 5.41) is 7.97. The van der Waals surface area contributed by atoms with Crippen LogP contribution >= 0.6 is 0 Å². The van der Waals surface area contributed by atoms with E-state index in [1.54, 1.807) is 24.4 Å². The minimum atomic E-state index is -4.07. The number of piperidine rings is 1. The highest BCUT2D eigenvalue weighted by molar-refractivity contribution is 7.89. The second kappa shape index (κ2) is 7.36. The molecule has 0 amide bonds. The van der Waals surface area contributed by atoms with Crippen LogP contribution in [-0.4, -0.2) is 34.4 Å². The van der Waals surface area contributed by atoms with Gasteiger partial charge in [0, 0.05) is 12.7 Å². The van der Waals surface area contributed by atoms with Crippen molar-refractivity contribution in [2.24, 2.45) is 0 Å². The van der Waals surface area contributed by atoms with Crippen molar-refractivity contribution in [3.05, 3.63) is 60.1 Å². The monoisotopic (exact) mass is 406 g/mol. The van der Waals surface area contributed by atoms with Crippen LogP contribution in [0.1, 0.15) is 31.2 Å². The van der Waals surface area contributed by atoms with E-state index in [4.69, 9.17) is 4.42 Å². The Morgan fingerprint density at radius 1 is 1.07 bits per heavy atom. The minimum absolute atomic E-state index is 0.145. The minimum Gasteiger partial charge on any atom is -0.417 e. The molecule has 146 valence electrons. The molecule has 3 heterocycles. The summed E-state index contributed by atoms with van der Waals surface area (Å²) in [6, 6.07) is 7.07. The molecule has 0 radical (unpaired) electrons. The smallest absolute Gasteiger partial charge is 0.266 e. The standard InChI is InChI=1S/C18H16F2N4O3S/c19-13-8-7-12(11-14(13)20)28(25,26)24-10-4-2-6-16(24)18-23-22-17(27-18)15-5-1-3-9-21-15/h1,3,5,7-9,11,16H,2,4,6,10H2. The molecule has 1 aromatic carbocycles. The fourth-order valence-corrected chi connectivity index (χ4v) is 4.84. The molecule has 0 bridgehead atoms. The average molecular weight is 406 g/mol. The summed E-state index contributed by atoms with van der Waals surface area (Å²) in [6.45, 7) is 0.216. The molecular weight excluding hydrogens is 390 g/mol. The van der Waals surface area contributed by atoms with E-state index in [0.29, 0.717) is 24.6 Å². The molecule has 0 saturated carbocycles. The Morgan fingerprint density at radius 2 is 1.93 bits per heavy atom. The van der Waals surface area contributed by atoms with Crippen molar-refractivity contribution in [1.29, 1.82) is 0 Å². The Labute approximate surface area is 160 Å². The Morgan fingerprint density at radius 3 is 2.68 bits per heavy atom. The summed E-state index contributed by atoms with van der Waals surface area (Å²) in [6.07, 6.45) is 3.48. The molecule has 0 N–H and O–H groups in total. The zero-order valence-corrected chi connectivity index (χ0v) is 15.4. The van der Waals surface area contributed by atoms with Gasteiger partial charge in [-0.15, -0.1) is 10.2 Å². The zero-order valence-electron chi connectivity index (χ0n) is 14.6. The maximum atomic E-state index is 13.6. The molecule has 28 heavy (non-hydrogen) atoms. The molecule has 7 nitrogen and oxygen atoms in total. The largest absolute Gasteiger partial charge is 0.417 e. The summed E-state index contributed by atoms with van der Waals surface area (Å²) < 4.78 is 59.8. The van der Waals surface area contributed by atoms with Crippen LogP contribution in [0.25, 0.3) is 11.6 Å². The first kappa shape index (κ1) is 18.6. The third-order valence-corrected chi connectivity index (χ3v) is 6.47. The Kier molecular flexibility index (Phi) is 4.90. The number of sulfonamides is 1. The highest BCUT2D eigenvalue weighted by atomic mass is 32.2. The lowest BCUT2D eigenvalue weighted by atomic mass is 10.1. The van der Waals surface area contributed by atoms with Crippen molar-refractivity contribution in [3.63, 3.8) is 0 Å². The summed E-state index contributed by atoms with van der Waals surface area (Å²) in [5.41, 5.74) is 0.479. The van der Waals surface area contributed by atoms with E-state index < -0.39 is 27.7 Å². The van der Waals surface area contributed by atoms with E-state index in [1.165, 1.54) is 4.31 Å². The van der Waals surface area contributed by atoms with E-state index in [9.17, 15) is 17.2 Å². The fraction of sp³-hybridized carbons (Fsp3) is 0.278. The van der Waals surface area contributed by atoms with Crippen LogP contribution in [0, 0.1) is 11.6 Å². The van der Waals surface area contributed by atoms with Gasteiger partial charge in [-0.3, -0.25) is 4.98 Å².